The molecule has 0 radical (unpaired) electrons. The average Bonchev–Trinajstić information content (AvgIpc) is 2.04. The molecule has 0 aliphatic heterocycles. The monoisotopic (exact) mass is 232 g/mol. The van der Waals surface area contributed by atoms with Crippen LogP contribution in [-0.4, -0.2) is 15.8 Å². The van der Waals surface area contributed by atoms with Crippen LogP contribution in [0.1, 0.15) is 13.8 Å². The summed E-state index contributed by atoms with van der Waals surface area (Å²) in [5.74, 6) is -0.893. The summed E-state index contributed by atoms with van der Waals surface area (Å²) in [4.78, 5) is 9.94. The lowest BCUT2D eigenvalue weighted by Crippen LogP contribution is -2.23. The van der Waals surface area contributed by atoms with Gasteiger partial charge in [-0.05, 0) is 26.0 Å². The number of aliphatic carboxylic acids is 1. The van der Waals surface area contributed by atoms with E-state index in [1.54, 1.807) is 0 Å². The lowest BCUT2D eigenvalue weighted by molar-refractivity contribution is -0.138. The molecular weight excluding hydrogens is 220 g/mol. The van der Waals surface area contributed by atoms with Crippen LogP contribution >= 0.6 is 24.2 Å². The van der Waals surface area contributed by atoms with Crippen LogP contribution in [0.3, 0.4) is 0 Å². The molecular formula is C10H13ClO2S. The van der Waals surface area contributed by atoms with E-state index in [-0.39, 0.29) is 0 Å². The van der Waals surface area contributed by atoms with Gasteiger partial charge >= 0.3 is 5.97 Å². The van der Waals surface area contributed by atoms with Crippen LogP contribution in [0.4, 0.5) is 0 Å². The predicted molar refractivity (Wildman–Crippen MR) is 62.2 cm³/mol. The van der Waals surface area contributed by atoms with Crippen LogP contribution in [0.15, 0.2) is 30.3 Å². The van der Waals surface area contributed by atoms with E-state index in [2.05, 4.69) is 12.6 Å². The quantitative estimate of drug-likeness (QED) is 0.730. The number of halogens is 1. The molecule has 0 unspecified atom stereocenters. The first-order valence-electron chi connectivity index (χ1n) is 4.00. The van der Waals surface area contributed by atoms with Crippen LogP contribution in [0.2, 0.25) is 5.02 Å². The lowest BCUT2D eigenvalue weighted by Gasteiger charge is -2.07. The minimum absolute atomic E-state index is 0.794. The fourth-order valence-corrected chi connectivity index (χ4v) is 0.560. The van der Waals surface area contributed by atoms with Crippen molar-refractivity contribution in [1.82, 2.24) is 0 Å². The highest BCUT2D eigenvalue weighted by atomic mass is 35.5. The molecule has 0 heterocycles. The average molecular weight is 233 g/mol. The van der Waals surface area contributed by atoms with Crippen LogP contribution in [0.25, 0.3) is 0 Å². The van der Waals surface area contributed by atoms with Gasteiger partial charge in [0, 0.05) is 5.02 Å². The van der Waals surface area contributed by atoms with Crippen LogP contribution in [0, 0.1) is 0 Å². The van der Waals surface area contributed by atoms with E-state index in [0.717, 1.165) is 5.02 Å². The minimum atomic E-state index is -0.893. The fraction of sp³-hybridized carbons (Fsp3) is 0.300. The van der Waals surface area contributed by atoms with Crippen molar-refractivity contribution in [3.05, 3.63) is 35.4 Å². The highest BCUT2D eigenvalue weighted by Gasteiger charge is 2.20. The molecule has 0 amide bonds. The van der Waals surface area contributed by atoms with E-state index in [4.69, 9.17) is 16.7 Å². The normalized spacial score (nSPS) is 10.0. The Hall–Kier alpha value is -0.670. The van der Waals surface area contributed by atoms with Crippen molar-refractivity contribution in [2.45, 2.75) is 18.6 Å². The van der Waals surface area contributed by atoms with E-state index < -0.39 is 10.7 Å². The van der Waals surface area contributed by atoms with Gasteiger partial charge < -0.3 is 5.11 Å². The summed E-state index contributed by atoms with van der Waals surface area (Å²) in [7, 11) is 0. The first-order chi connectivity index (χ1) is 6.34. The Morgan fingerprint density at radius 3 is 1.86 bits per heavy atom. The molecule has 0 atom stereocenters. The van der Waals surface area contributed by atoms with Gasteiger partial charge in [-0.2, -0.15) is 12.6 Å². The maximum Gasteiger partial charge on any atom is 0.318 e. The van der Waals surface area contributed by atoms with Crippen molar-refractivity contribution in [3.8, 4) is 0 Å². The third kappa shape index (κ3) is 6.80. The summed E-state index contributed by atoms with van der Waals surface area (Å²) in [5.41, 5.74) is 0. The van der Waals surface area contributed by atoms with Gasteiger partial charge in [-0.15, -0.1) is 0 Å². The van der Waals surface area contributed by atoms with E-state index in [1.807, 2.05) is 30.3 Å². The Bertz CT molecular complexity index is 280. The molecule has 0 aliphatic carbocycles. The van der Waals surface area contributed by atoms with Crippen molar-refractivity contribution in [2.75, 3.05) is 0 Å². The maximum absolute atomic E-state index is 9.94. The van der Waals surface area contributed by atoms with Crippen LogP contribution < -0.4 is 0 Å². The predicted octanol–water partition coefficient (Wildman–Crippen LogP) is 3.12. The van der Waals surface area contributed by atoms with E-state index in [1.165, 1.54) is 13.8 Å². The van der Waals surface area contributed by atoms with Gasteiger partial charge in [0.1, 0.15) is 4.75 Å². The number of carbonyl (C=O) groups is 1. The zero-order valence-electron chi connectivity index (χ0n) is 8.07. The lowest BCUT2D eigenvalue weighted by atomic mass is 10.2. The fourth-order valence-electron chi connectivity index (χ4n) is 0.415. The molecule has 0 spiro atoms. The summed E-state index contributed by atoms with van der Waals surface area (Å²) >= 11 is 9.29. The molecule has 0 aliphatic rings. The topological polar surface area (TPSA) is 37.3 Å². The first-order valence-corrected chi connectivity index (χ1v) is 4.83. The van der Waals surface area contributed by atoms with Crippen molar-refractivity contribution < 1.29 is 9.90 Å². The molecule has 1 aromatic carbocycles. The Kier molecular flexibility index (Phi) is 5.65. The molecule has 2 nitrogen and oxygen atoms in total. The van der Waals surface area contributed by atoms with E-state index in [0.29, 0.717) is 0 Å². The summed E-state index contributed by atoms with van der Waals surface area (Å²) in [5, 5.41) is 8.97. The second-order valence-electron chi connectivity index (χ2n) is 3.16. The summed E-state index contributed by atoms with van der Waals surface area (Å²) < 4.78 is -0.889. The molecule has 0 fully saturated rings. The Morgan fingerprint density at radius 1 is 1.36 bits per heavy atom. The molecule has 0 saturated heterocycles. The van der Waals surface area contributed by atoms with Gasteiger partial charge in [-0.1, -0.05) is 29.8 Å². The molecule has 0 saturated carbocycles. The van der Waals surface area contributed by atoms with Crippen LogP contribution in [-0.2, 0) is 4.79 Å². The summed E-state index contributed by atoms with van der Waals surface area (Å²) in [6.07, 6.45) is 0. The number of benzene rings is 1. The second kappa shape index (κ2) is 5.94. The third-order valence-corrected chi connectivity index (χ3v) is 1.70. The van der Waals surface area contributed by atoms with E-state index in [9.17, 15) is 4.79 Å². The second-order valence-corrected chi connectivity index (χ2v) is 4.71. The zero-order valence-corrected chi connectivity index (χ0v) is 9.72. The van der Waals surface area contributed by atoms with Gasteiger partial charge in [-0.25, -0.2) is 0 Å². The molecule has 78 valence electrons. The van der Waals surface area contributed by atoms with Gasteiger partial charge in [0.15, 0.2) is 0 Å². The smallest absolute Gasteiger partial charge is 0.318 e. The number of thiol groups is 1. The zero-order chi connectivity index (χ0) is 11.2. The van der Waals surface area contributed by atoms with Crippen molar-refractivity contribution in [1.29, 1.82) is 0 Å². The Labute approximate surface area is 94.3 Å². The highest BCUT2D eigenvalue weighted by Crippen LogP contribution is 2.10. The standard InChI is InChI=1S/C6H5Cl.C4H8O2S/c7-6-4-2-1-3-5-6;1-4(2,7)3(5)6/h1-5H;7H,1-2H3,(H,5,6). The molecule has 4 heteroatoms. The maximum atomic E-state index is 9.94. The largest absolute Gasteiger partial charge is 0.480 e. The third-order valence-electron chi connectivity index (χ3n) is 1.26. The van der Waals surface area contributed by atoms with Crippen LogP contribution in [0.5, 0.6) is 0 Å². The van der Waals surface area contributed by atoms with Gasteiger partial charge in [-0.3, -0.25) is 4.79 Å². The Balaban J connectivity index is 0.000000241. The minimum Gasteiger partial charge on any atom is -0.480 e. The van der Waals surface area contributed by atoms with Gasteiger partial charge in [0.2, 0.25) is 0 Å². The number of hydrogen-bond donors (Lipinski definition) is 2. The summed E-state index contributed by atoms with van der Waals surface area (Å²) in [6.45, 7) is 3.05. The SMILES string of the molecule is CC(C)(S)C(=O)O.Clc1ccccc1. The molecule has 1 rings (SSSR count). The van der Waals surface area contributed by atoms with Crippen molar-refractivity contribution >= 4 is 30.2 Å². The summed E-state index contributed by atoms with van der Waals surface area (Å²) in [6, 6.07) is 9.44. The van der Waals surface area contributed by atoms with Crippen molar-refractivity contribution in [3.63, 3.8) is 0 Å². The number of hydrogen-bond acceptors (Lipinski definition) is 2. The van der Waals surface area contributed by atoms with Gasteiger partial charge in [0.05, 0.1) is 0 Å². The number of rotatable bonds is 1. The molecule has 0 bridgehead atoms. The molecule has 14 heavy (non-hydrogen) atoms. The highest BCUT2D eigenvalue weighted by molar-refractivity contribution is 7.82. The first kappa shape index (κ1) is 13.3. The molecule has 1 aromatic rings. The molecule has 1 N–H and O–H groups in total. The number of carboxylic acids is 1. The Morgan fingerprint density at radius 2 is 1.71 bits per heavy atom. The van der Waals surface area contributed by atoms with Crippen molar-refractivity contribution in [2.24, 2.45) is 0 Å². The molecule has 0 aromatic heterocycles. The van der Waals surface area contributed by atoms with Gasteiger partial charge in [0.25, 0.3) is 0 Å². The van der Waals surface area contributed by atoms with E-state index >= 15 is 0 Å². The number of carboxylic acid groups (broad SMARTS) is 1.